The Hall–Kier alpha value is -3.15. The molecule has 2 aromatic carbocycles. The molecule has 1 N–H and O–H groups in total. The summed E-state index contributed by atoms with van der Waals surface area (Å²) in [7, 11) is 0. The molecular formula is C26H32N2O4. The van der Waals surface area contributed by atoms with Gasteiger partial charge in [0.2, 0.25) is 0 Å². The lowest BCUT2D eigenvalue weighted by atomic mass is 9.84. The van der Waals surface area contributed by atoms with Gasteiger partial charge in [-0.1, -0.05) is 42.5 Å². The van der Waals surface area contributed by atoms with E-state index in [9.17, 15) is 14.7 Å². The Morgan fingerprint density at radius 3 is 2.25 bits per heavy atom. The second-order valence-electron chi connectivity index (χ2n) is 9.25. The molecule has 0 fully saturated rings. The van der Waals surface area contributed by atoms with E-state index in [2.05, 4.69) is 17.2 Å². The molecule has 170 valence electrons. The molecule has 6 nitrogen and oxygen atoms in total. The van der Waals surface area contributed by atoms with Crippen molar-refractivity contribution >= 4 is 17.6 Å². The highest BCUT2D eigenvalue weighted by Crippen LogP contribution is 2.31. The van der Waals surface area contributed by atoms with Gasteiger partial charge in [0.15, 0.2) is 5.60 Å². The first kappa shape index (κ1) is 23.5. The third-order valence-corrected chi connectivity index (χ3v) is 5.88. The molecule has 0 aromatic heterocycles. The number of hydrogen-bond donors (Lipinski definition) is 1. The molecule has 32 heavy (non-hydrogen) atoms. The largest absolute Gasteiger partial charge is 0.478 e. The second kappa shape index (κ2) is 9.55. The van der Waals surface area contributed by atoms with Gasteiger partial charge in [-0.3, -0.25) is 4.79 Å². The first-order chi connectivity index (χ1) is 15.1. The summed E-state index contributed by atoms with van der Waals surface area (Å²) in [6.07, 6.45) is 3.26. The molecule has 0 aliphatic carbocycles. The van der Waals surface area contributed by atoms with Crippen molar-refractivity contribution in [3.63, 3.8) is 0 Å². The molecule has 0 unspecified atom stereocenters. The first-order valence-corrected chi connectivity index (χ1v) is 11.0. The molecule has 0 radical (unpaired) electrons. The highest BCUT2D eigenvalue weighted by atomic mass is 16.5. The predicted molar refractivity (Wildman–Crippen MR) is 125 cm³/mol. The van der Waals surface area contributed by atoms with Gasteiger partial charge in [-0.25, -0.2) is 9.80 Å². The van der Waals surface area contributed by atoms with Gasteiger partial charge >= 0.3 is 5.97 Å². The van der Waals surface area contributed by atoms with E-state index >= 15 is 0 Å². The fourth-order valence-corrected chi connectivity index (χ4v) is 3.68. The number of carboxylic acids is 1. The van der Waals surface area contributed by atoms with Crippen molar-refractivity contribution in [2.75, 3.05) is 6.54 Å². The molecule has 0 spiro atoms. The van der Waals surface area contributed by atoms with Crippen LogP contribution in [0.3, 0.4) is 0 Å². The number of ether oxygens (including phenoxy) is 1. The molecule has 2 aromatic rings. The molecule has 1 amide bonds. The number of hydrogen-bond acceptors (Lipinski definition) is 4. The normalized spacial score (nSPS) is 15.6. The molecule has 6 heteroatoms. The summed E-state index contributed by atoms with van der Waals surface area (Å²) in [6, 6.07) is 17.6. The fraction of sp³-hybridized carbons (Fsp3) is 0.423. The maximum Gasteiger partial charge on any atom is 0.347 e. The smallest absolute Gasteiger partial charge is 0.347 e. The Morgan fingerprint density at radius 1 is 1.00 bits per heavy atom. The maximum absolute atomic E-state index is 12.8. The van der Waals surface area contributed by atoms with Crippen molar-refractivity contribution in [3.05, 3.63) is 65.7 Å². The zero-order valence-corrected chi connectivity index (χ0v) is 19.3. The van der Waals surface area contributed by atoms with Crippen molar-refractivity contribution in [1.82, 2.24) is 5.01 Å². The summed E-state index contributed by atoms with van der Waals surface area (Å²) >= 11 is 0. The Morgan fingerprint density at radius 2 is 1.62 bits per heavy atom. The minimum Gasteiger partial charge on any atom is -0.478 e. The van der Waals surface area contributed by atoms with E-state index in [1.807, 2.05) is 44.2 Å². The van der Waals surface area contributed by atoms with Crippen LogP contribution in [0.15, 0.2) is 59.7 Å². The van der Waals surface area contributed by atoms with Crippen molar-refractivity contribution in [1.29, 1.82) is 0 Å². The highest BCUT2D eigenvalue weighted by Gasteiger charge is 2.42. The summed E-state index contributed by atoms with van der Waals surface area (Å²) in [5.74, 6) is -0.415. The predicted octanol–water partition coefficient (Wildman–Crippen LogP) is 4.72. The van der Waals surface area contributed by atoms with Gasteiger partial charge in [-0.15, -0.1) is 0 Å². The molecule has 0 bridgehead atoms. The van der Waals surface area contributed by atoms with Gasteiger partial charge in [0, 0.05) is 6.54 Å². The average Bonchev–Trinajstić information content (AvgIpc) is 2.97. The van der Waals surface area contributed by atoms with E-state index in [-0.39, 0.29) is 5.91 Å². The number of aryl methyl sites for hydroxylation is 1. The quantitative estimate of drug-likeness (QED) is 0.585. The van der Waals surface area contributed by atoms with E-state index in [1.165, 1.54) is 19.4 Å². The van der Waals surface area contributed by atoms with Crippen LogP contribution in [0.4, 0.5) is 0 Å². The lowest BCUT2D eigenvalue weighted by Crippen LogP contribution is -2.37. The Labute approximate surface area is 189 Å². The number of carbonyl (C=O) groups is 2. The van der Waals surface area contributed by atoms with Crippen molar-refractivity contribution in [2.45, 2.75) is 59.0 Å². The molecule has 1 aliphatic rings. The average molecular weight is 437 g/mol. The van der Waals surface area contributed by atoms with E-state index in [0.717, 1.165) is 37.0 Å². The number of aliphatic carboxylic acids is 1. The van der Waals surface area contributed by atoms with Gasteiger partial charge in [-0.05, 0) is 76.6 Å². The number of rotatable bonds is 10. The van der Waals surface area contributed by atoms with Crippen LogP contribution in [0.5, 0.6) is 5.75 Å². The van der Waals surface area contributed by atoms with E-state index in [0.29, 0.717) is 12.3 Å². The monoisotopic (exact) mass is 436 g/mol. The lowest BCUT2D eigenvalue weighted by molar-refractivity contribution is -0.152. The Bertz CT molecular complexity index is 979. The van der Waals surface area contributed by atoms with Crippen LogP contribution in [0.1, 0.15) is 51.7 Å². The van der Waals surface area contributed by atoms with Crippen LogP contribution in [0, 0.1) is 5.41 Å². The minimum atomic E-state index is -1.27. The number of amides is 1. The summed E-state index contributed by atoms with van der Waals surface area (Å²) in [5, 5.41) is 15.5. The molecule has 1 aliphatic heterocycles. The summed E-state index contributed by atoms with van der Waals surface area (Å²) in [4.78, 5) is 24.1. The van der Waals surface area contributed by atoms with E-state index < -0.39 is 17.0 Å². The van der Waals surface area contributed by atoms with Crippen LogP contribution in [-0.2, 0) is 22.4 Å². The first-order valence-electron chi connectivity index (χ1n) is 11.0. The summed E-state index contributed by atoms with van der Waals surface area (Å²) in [5.41, 5.74) is 1.41. The number of carboxylic acid groups (broad SMARTS) is 1. The molecule has 1 heterocycles. The van der Waals surface area contributed by atoms with Crippen LogP contribution < -0.4 is 4.74 Å². The van der Waals surface area contributed by atoms with Gasteiger partial charge in [-0.2, -0.15) is 5.10 Å². The van der Waals surface area contributed by atoms with Gasteiger partial charge in [0.25, 0.3) is 5.91 Å². The van der Waals surface area contributed by atoms with Gasteiger partial charge in [0.05, 0.1) is 11.1 Å². The fourth-order valence-electron chi connectivity index (χ4n) is 3.68. The van der Waals surface area contributed by atoms with Crippen molar-refractivity contribution in [3.8, 4) is 5.75 Å². The SMILES string of the molecule is CC(C)(Oc1ccc(CCCC2=NN(CCc3ccccc3)C(=O)C2(C)C)cc1)C(=O)O. The molecule has 0 atom stereocenters. The minimum absolute atomic E-state index is 0.0611. The molecule has 0 saturated heterocycles. The molecule has 3 rings (SSSR count). The standard InChI is InChI=1S/C26H32N2O4/c1-25(2)22(27-28(23(25)29)18-17-19-9-6-5-7-10-19)12-8-11-20-13-15-21(16-14-20)32-26(3,4)24(30)31/h5-7,9-10,13-16H,8,11-12,17-18H2,1-4H3,(H,30,31). The van der Waals surface area contributed by atoms with Gasteiger partial charge in [0.1, 0.15) is 5.75 Å². The Kier molecular flexibility index (Phi) is 7.02. The summed E-state index contributed by atoms with van der Waals surface area (Å²) in [6.45, 7) is 7.54. The lowest BCUT2D eigenvalue weighted by Gasteiger charge is -2.21. The van der Waals surface area contributed by atoms with Crippen LogP contribution >= 0.6 is 0 Å². The van der Waals surface area contributed by atoms with Crippen LogP contribution in [0.25, 0.3) is 0 Å². The summed E-state index contributed by atoms with van der Waals surface area (Å²) < 4.78 is 5.55. The Balaban J connectivity index is 1.54. The number of hydrazone groups is 1. The van der Waals surface area contributed by atoms with Crippen LogP contribution in [0.2, 0.25) is 0 Å². The number of nitrogens with zero attached hydrogens (tertiary/aromatic N) is 2. The number of carbonyl (C=O) groups excluding carboxylic acids is 1. The van der Waals surface area contributed by atoms with Crippen LogP contribution in [-0.4, -0.2) is 39.8 Å². The maximum atomic E-state index is 12.8. The topological polar surface area (TPSA) is 79.2 Å². The number of benzene rings is 2. The third kappa shape index (κ3) is 5.55. The molecular weight excluding hydrogens is 404 g/mol. The van der Waals surface area contributed by atoms with E-state index in [1.54, 1.807) is 17.1 Å². The van der Waals surface area contributed by atoms with E-state index in [4.69, 9.17) is 4.74 Å². The third-order valence-electron chi connectivity index (χ3n) is 5.88. The molecule has 0 saturated carbocycles. The second-order valence-corrected chi connectivity index (χ2v) is 9.25. The van der Waals surface area contributed by atoms with Crippen molar-refractivity contribution in [2.24, 2.45) is 10.5 Å². The van der Waals surface area contributed by atoms with Crippen molar-refractivity contribution < 1.29 is 19.4 Å². The zero-order chi connectivity index (χ0) is 23.4. The zero-order valence-electron chi connectivity index (χ0n) is 19.3. The highest BCUT2D eigenvalue weighted by molar-refractivity contribution is 6.11. The van der Waals surface area contributed by atoms with Gasteiger partial charge < -0.3 is 9.84 Å².